The first kappa shape index (κ1) is 12.4. The lowest BCUT2D eigenvalue weighted by molar-refractivity contribution is -0.138. The van der Waals surface area contributed by atoms with Gasteiger partial charge in [0, 0.05) is 13.6 Å². The Balaban J connectivity index is 3.82. The number of ether oxygens (including phenoxy) is 1. The molecule has 0 heterocycles. The number of carbonyl (C=O) groups is 1. The maximum Gasteiger partial charge on any atom is 0.333 e. The average molecular weight is 200 g/mol. The minimum atomic E-state index is -1.06. The standard InChI is InChI=1S/C10H20O2Si/c1-6-12-10(11)9(2)7-8-13(3,4)5/h2,6-8H2,1,3-5H3. The first-order valence-corrected chi connectivity index (χ1v) is 8.42. The van der Waals surface area contributed by atoms with Crippen molar-refractivity contribution < 1.29 is 9.53 Å². The fourth-order valence-corrected chi connectivity index (χ4v) is 1.91. The van der Waals surface area contributed by atoms with Crippen LogP contribution in [0.5, 0.6) is 0 Å². The Morgan fingerprint density at radius 1 is 1.38 bits per heavy atom. The highest BCUT2D eigenvalue weighted by molar-refractivity contribution is 6.76. The van der Waals surface area contributed by atoms with Gasteiger partial charge in [0.2, 0.25) is 0 Å². The number of carbonyl (C=O) groups excluding carboxylic acids is 1. The molecule has 0 saturated carbocycles. The molecule has 0 unspecified atom stereocenters. The summed E-state index contributed by atoms with van der Waals surface area (Å²) in [6.07, 6.45) is 0.786. The Kier molecular flexibility index (Phi) is 4.99. The zero-order chi connectivity index (χ0) is 10.5. The van der Waals surface area contributed by atoms with E-state index < -0.39 is 8.07 Å². The van der Waals surface area contributed by atoms with Gasteiger partial charge in [-0.3, -0.25) is 0 Å². The molecule has 0 saturated heterocycles. The van der Waals surface area contributed by atoms with E-state index in [2.05, 4.69) is 26.2 Å². The van der Waals surface area contributed by atoms with Crippen LogP contribution in [0.3, 0.4) is 0 Å². The summed E-state index contributed by atoms with van der Waals surface area (Å²) in [5.74, 6) is -0.235. The summed E-state index contributed by atoms with van der Waals surface area (Å²) in [4.78, 5) is 11.2. The molecule has 3 heteroatoms. The van der Waals surface area contributed by atoms with Gasteiger partial charge in [0.1, 0.15) is 0 Å². The van der Waals surface area contributed by atoms with Gasteiger partial charge in [0.15, 0.2) is 0 Å². The van der Waals surface area contributed by atoms with Crippen LogP contribution in [0.25, 0.3) is 0 Å². The van der Waals surface area contributed by atoms with Crippen LogP contribution in [0, 0.1) is 0 Å². The predicted octanol–water partition coefficient (Wildman–Crippen LogP) is 2.83. The van der Waals surface area contributed by atoms with E-state index in [4.69, 9.17) is 4.74 Å². The molecule has 0 aliphatic carbocycles. The monoisotopic (exact) mass is 200 g/mol. The zero-order valence-corrected chi connectivity index (χ0v) is 10.1. The molecule has 0 rings (SSSR count). The molecule has 13 heavy (non-hydrogen) atoms. The maximum atomic E-state index is 11.2. The zero-order valence-electron chi connectivity index (χ0n) is 9.14. The van der Waals surface area contributed by atoms with Crippen molar-refractivity contribution in [3.63, 3.8) is 0 Å². The summed E-state index contributed by atoms with van der Waals surface area (Å²) < 4.78 is 4.85. The largest absolute Gasteiger partial charge is 0.463 e. The second-order valence-electron chi connectivity index (χ2n) is 4.38. The minimum Gasteiger partial charge on any atom is -0.463 e. The quantitative estimate of drug-likeness (QED) is 0.387. The first-order chi connectivity index (χ1) is 5.87. The molecule has 0 aliphatic heterocycles. The summed E-state index contributed by atoms with van der Waals surface area (Å²) in [5.41, 5.74) is 0.615. The van der Waals surface area contributed by atoms with E-state index in [-0.39, 0.29) is 5.97 Å². The van der Waals surface area contributed by atoms with E-state index in [0.717, 1.165) is 12.5 Å². The molecule has 0 atom stereocenters. The lowest BCUT2D eigenvalue weighted by Crippen LogP contribution is -2.20. The van der Waals surface area contributed by atoms with E-state index >= 15 is 0 Å². The van der Waals surface area contributed by atoms with Gasteiger partial charge in [-0.15, -0.1) is 0 Å². The third kappa shape index (κ3) is 6.58. The van der Waals surface area contributed by atoms with E-state index in [1.54, 1.807) is 0 Å². The summed E-state index contributed by atoms with van der Waals surface area (Å²) >= 11 is 0. The van der Waals surface area contributed by atoms with Crippen LogP contribution in [-0.2, 0) is 9.53 Å². The number of hydrogen-bond donors (Lipinski definition) is 0. The van der Waals surface area contributed by atoms with E-state index in [0.29, 0.717) is 12.2 Å². The topological polar surface area (TPSA) is 26.3 Å². The van der Waals surface area contributed by atoms with Crippen LogP contribution in [0.4, 0.5) is 0 Å². The molecule has 76 valence electrons. The number of rotatable bonds is 5. The summed E-state index contributed by atoms with van der Waals surface area (Å²) in [6, 6.07) is 1.10. The fraction of sp³-hybridized carbons (Fsp3) is 0.700. The van der Waals surface area contributed by atoms with E-state index in [1.807, 2.05) is 6.92 Å². The van der Waals surface area contributed by atoms with Gasteiger partial charge in [-0.25, -0.2) is 4.79 Å². The number of esters is 1. The fourth-order valence-electron chi connectivity index (χ4n) is 0.861. The van der Waals surface area contributed by atoms with Crippen LogP contribution in [0.15, 0.2) is 12.2 Å². The van der Waals surface area contributed by atoms with Crippen LogP contribution < -0.4 is 0 Å². The van der Waals surface area contributed by atoms with Gasteiger partial charge in [0.25, 0.3) is 0 Å². The van der Waals surface area contributed by atoms with Crippen molar-refractivity contribution in [3.8, 4) is 0 Å². The highest BCUT2D eigenvalue weighted by Gasteiger charge is 2.15. The van der Waals surface area contributed by atoms with Gasteiger partial charge < -0.3 is 4.74 Å². The molecule has 0 aromatic heterocycles. The molecular formula is C10H20O2Si. The molecule has 0 aromatic rings. The Morgan fingerprint density at radius 3 is 2.31 bits per heavy atom. The Morgan fingerprint density at radius 2 is 1.92 bits per heavy atom. The maximum absolute atomic E-state index is 11.2. The number of hydrogen-bond acceptors (Lipinski definition) is 2. The SMILES string of the molecule is C=C(CC[Si](C)(C)C)C(=O)OCC. The molecule has 0 bridgehead atoms. The lowest BCUT2D eigenvalue weighted by atomic mass is 10.2. The van der Waals surface area contributed by atoms with Crippen molar-refractivity contribution in [2.45, 2.75) is 39.0 Å². The van der Waals surface area contributed by atoms with Crippen molar-refractivity contribution >= 4 is 14.0 Å². The third-order valence-corrected chi connectivity index (χ3v) is 3.49. The molecule has 0 aliphatic rings. The van der Waals surface area contributed by atoms with Crippen LogP contribution in [-0.4, -0.2) is 20.7 Å². The Hall–Kier alpha value is -0.573. The van der Waals surface area contributed by atoms with Gasteiger partial charge in [-0.05, 0) is 13.3 Å². The van der Waals surface area contributed by atoms with Gasteiger partial charge in [0.05, 0.1) is 6.61 Å². The molecule has 0 N–H and O–H groups in total. The van der Waals surface area contributed by atoms with E-state index in [1.165, 1.54) is 0 Å². The first-order valence-electron chi connectivity index (χ1n) is 4.71. The molecule has 0 aromatic carbocycles. The van der Waals surface area contributed by atoms with Crippen molar-refractivity contribution in [1.82, 2.24) is 0 Å². The summed E-state index contributed by atoms with van der Waals surface area (Å²) in [7, 11) is -1.06. The van der Waals surface area contributed by atoms with Gasteiger partial charge in [-0.1, -0.05) is 32.3 Å². The second kappa shape index (κ2) is 5.22. The molecular weight excluding hydrogens is 180 g/mol. The van der Waals surface area contributed by atoms with Crippen molar-refractivity contribution in [2.75, 3.05) is 6.61 Å². The summed E-state index contributed by atoms with van der Waals surface area (Å²) in [6.45, 7) is 12.8. The Labute approximate surface area is 82.0 Å². The minimum absolute atomic E-state index is 0.235. The average Bonchev–Trinajstić information content (AvgIpc) is 1.99. The van der Waals surface area contributed by atoms with E-state index in [9.17, 15) is 4.79 Å². The van der Waals surface area contributed by atoms with Crippen LogP contribution in [0.2, 0.25) is 25.7 Å². The van der Waals surface area contributed by atoms with Crippen LogP contribution in [0.1, 0.15) is 13.3 Å². The molecule has 0 radical (unpaired) electrons. The Bertz CT molecular complexity index is 192. The second-order valence-corrected chi connectivity index (χ2v) is 10.0. The van der Waals surface area contributed by atoms with Crippen LogP contribution >= 0.6 is 0 Å². The van der Waals surface area contributed by atoms with Gasteiger partial charge in [-0.2, -0.15) is 0 Å². The molecule has 2 nitrogen and oxygen atoms in total. The highest BCUT2D eigenvalue weighted by atomic mass is 28.3. The van der Waals surface area contributed by atoms with Crippen molar-refractivity contribution in [2.24, 2.45) is 0 Å². The van der Waals surface area contributed by atoms with Gasteiger partial charge >= 0.3 is 5.97 Å². The van der Waals surface area contributed by atoms with Crippen molar-refractivity contribution in [1.29, 1.82) is 0 Å². The molecule has 0 fully saturated rings. The third-order valence-electron chi connectivity index (χ3n) is 1.74. The highest BCUT2D eigenvalue weighted by Crippen LogP contribution is 2.15. The normalized spacial score (nSPS) is 11.1. The lowest BCUT2D eigenvalue weighted by Gasteiger charge is -2.15. The predicted molar refractivity (Wildman–Crippen MR) is 58.5 cm³/mol. The smallest absolute Gasteiger partial charge is 0.333 e. The van der Waals surface area contributed by atoms with Crippen molar-refractivity contribution in [3.05, 3.63) is 12.2 Å². The summed E-state index contributed by atoms with van der Waals surface area (Å²) in [5, 5.41) is 0. The molecule has 0 amide bonds. The molecule has 0 spiro atoms.